The molecule has 266 valence electrons. The highest BCUT2D eigenvalue weighted by Gasteiger charge is 2.18. The molecule has 0 spiro atoms. The number of allylic oxidation sites excluding steroid dienone is 1. The van der Waals surface area contributed by atoms with Crippen molar-refractivity contribution in [2.45, 2.75) is 34.6 Å². The smallest absolute Gasteiger partial charge is 0.160 e. The monoisotopic (exact) mass is 710 g/mol. The van der Waals surface area contributed by atoms with E-state index < -0.39 is 0 Å². The summed E-state index contributed by atoms with van der Waals surface area (Å²) in [6, 6.07) is 48.0. The number of benzene rings is 6. The lowest BCUT2D eigenvalue weighted by molar-refractivity contribution is 1.06. The van der Waals surface area contributed by atoms with Crippen LogP contribution in [0, 0.1) is 27.7 Å². The summed E-state index contributed by atoms with van der Waals surface area (Å²) in [5.41, 5.74) is 15.5. The molecule has 9 rings (SSSR count). The van der Waals surface area contributed by atoms with Gasteiger partial charge in [-0.05, 0) is 94.3 Å². The summed E-state index contributed by atoms with van der Waals surface area (Å²) < 4.78 is 4.77. The molecule has 0 atom stereocenters. The predicted octanol–water partition coefficient (Wildman–Crippen LogP) is 11.5. The number of para-hydroxylation sites is 2. The van der Waals surface area contributed by atoms with E-state index in [1.54, 1.807) is 0 Å². The Morgan fingerprint density at radius 2 is 1.09 bits per heavy atom. The lowest BCUT2D eigenvalue weighted by Crippen LogP contribution is -2.28. The van der Waals surface area contributed by atoms with Gasteiger partial charge in [0.15, 0.2) is 5.82 Å². The van der Waals surface area contributed by atoms with Crippen LogP contribution in [0.1, 0.15) is 29.2 Å². The number of aromatic nitrogens is 4. The van der Waals surface area contributed by atoms with E-state index in [2.05, 4.69) is 196 Å². The van der Waals surface area contributed by atoms with Crippen molar-refractivity contribution < 1.29 is 0 Å². The Labute approximate surface area is 321 Å². The molecule has 3 aromatic heterocycles. The first kappa shape index (κ1) is 34.0. The van der Waals surface area contributed by atoms with Crippen molar-refractivity contribution in [3.05, 3.63) is 179 Å². The summed E-state index contributed by atoms with van der Waals surface area (Å²) in [5.74, 6) is 0.721. The molecule has 0 amide bonds. The third-order valence-electron chi connectivity index (χ3n) is 10.8. The quantitative estimate of drug-likeness (QED) is 0.172. The molecule has 0 aliphatic rings. The van der Waals surface area contributed by atoms with Crippen molar-refractivity contribution in [2.24, 2.45) is 0 Å². The molecular formula is C51H42N4. The van der Waals surface area contributed by atoms with Gasteiger partial charge in [-0.3, -0.25) is 0 Å². The van der Waals surface area contributed by atoms with Crippen LogP contribution in [0.5, 0.6) is 0 Å². The maximum absolute atomic E-state index is 5.22. The molecule has 0 aliphatic carbocycles. The molecule has 6 aromatic carbocycles. The van der Waals surface area contributed by atoms with Gasteiger partial charge in [0.25, 0.3) is 0 Å². The Kier molecular flexibility index (Phi) is 8.39. The second kappa shape index (κ2) is 13.6. The molecule has 0 aliphatic heterocycles. The fourth-order valence-electron chi connectivity index (χ4n) is 8.27. The van der Waals surface area contributed by atoms with Crippen molar-refractivity contribution in [3.63, 3.8) is 0 Å². The third-order valence-corrected chi connectivity index (χ3v) is 10.8. The summed E-state index contributed by atoms with van der Waals surface area (Å²) in [6.45, 7) is 14.8. The van der Waals surface area contributed by atoms with E-state index in [4.69, 9.17) is 9.97 Å². The molecule has 0 fully saturated rings. The van der Waals surface area contributed by atoms with Gasteiger partial charge in [-0.1, -0.05) is 121 Å². The molecule has 4 heteroatoms. The standard InChI is InChI=1S/C51H42N4/c1-7-13-40-43-30-38(54-47-16-11-9-14-41(47)42-15-10-12-17-48(42)54)26-27-49(43)55(46(40)8-2)39-28-34(5)50(35(6)29-39)45-31-44(36-22-18-32(3)19-23-36)52-51(53-45)37-24-20-33(4)21-25-37/h7-31H,1H2,2-6H3/b40-13-,46-8+. The molecule has 0 radical (unpaired) electrons. The third kappa shape index (κ3) is 5.78. The van der Waals surface area contributed by atoms with Crippen LogP contribution in [-0.4, -0.2) is 19.1 Å². The fourth-order valence-corrected chi connectivity index (χ4v) is 8.27. The van der Waals surface area contributed by atoms with Gasteiger partial charge in [-0.2, -0.15) is 0 Å². The molecule has 3 heterocycles. The zero-order valence-corrected chi connectivity index (χ0v) is 31.9. The van der Waals surface area contributed by atoms with Gasteiger partial charge >= 0.3 is 0 Å². The van der Waals surface area contributed by atoms with E-state index in [0.29, 0.717) is 0 Å². The first-order valence-corrected chi connectivity index (χ1v) is 18.9. The highest BCUT2D eigenvalue weighted by molar-refractivity contribution is 6.09. The van der Waals surface area contributed by atoms with Gasteiger partial charge in [0.2, 0.25) is 0 Å². The normalized spacial score (nSPS) is 12.4. The van der Waals surface area contributed by atoms with Gasteiger partial charge in [-0.15, -0.1) is 0 Å². The number of nitrogens with zero attached hydrogens (tertiary/aromatic N) is 4. The van der Waals surface area contributed by atoms with Gasteiger partial charge in [-0.25, -0.2) is 9.97 Å². The number of rotatable bonds is 6. The average molecular weight is 711 g/mol. The fraction of sp³-hybridized carbons (Fsp3) is 0.0980. The summed E-state index contributed by atoms with van der Waals surface area (Å²) in [5, 5.41) is 5.96. The van der Waals surface area contributed by atoms with Crippen LogP contribution in [0.3, 0.4) is 0 Å². The molecule has 9 aromatic rings. The van der Waals surface area contributed by atoms with Crippen molar-refractivity contribution >= 4 is 44.9 Å². The van der Waals surface area contributed by atoms with E-state index in [-0.39, 0.29) is 0 Å². The van der Waals surface area contributed by atoms with Crippen LogP contribution in [0.2, 0.25) is 0 Å². The molecular weight excluding hydrogens is 669 g/mol. The molecule has 4 nitrogen and oxygen atoms in total. The van der Waals surface area contributed by atoms with Crippen molar-refractivity contribution in [3.8, 4) is 45.3 Å². The van der Waals surface area contributed by atoms with E-state index >= 15 is 0 Å². The first-order valence-electron chi connectivity index (χ1n) is 18.9. The molecule has 0 N–H and O–H groups in total. The highest BCUT2D eigenvalue weighted by atomic mass is 15.0. The van der Waals surface area contributed by atoms with Crippen LogP contribution in [0.15, 0.2) is 146 Å². The SMILES string of the molecule is C=C/C=c1\c(=C/C)n(-c2cc(C)c(-c3cc(-c4ccc(C)cc4)nc(-c4ccc(C)cc4)n3)c(C)c2)c2ccc(-n3c4ccccc4c4ccccc43)cc12. The zero-order valence-electron chi connectivity index (χ0n) is 31.9. The lowest BCUT2D eigenvalue weighted by atomic mass is 9.97. The van der Waals surface area contributed by atoms with Gasteiger partial charge in [0.05, 0.1) is 27.9 Å². The van der Waals surface area contributed by atoms with E-state index in [1.807, 2.05) is 6.08 Å². The van der Waals surface area contributed by atoms with Crippen molar-refractivity contribution in [1.29, 1.82) is 0 Å². The maximum atomic E-state index is 5.22. The highest BCUT2D eigenvalue weighted by Crippen LogP contribution is 2.35. The Bertz CT molecular complexity index is 2940. The summed E-state index contributed by atoms with van der Waals surface area (Å²) >= 11 is 0. The van der Waals surface area contributed by atoms with Gasteiger partial charge < -0.3 is 9.13 Å². The predicted molar refractivity (Wildman–Crippen MR) is 233 cm³/mol. The Morgan fingerprint density at radius 3 is 1.69 bits per heavy atom. The molecule has 0 saturated heterocycles. The Hall–Kier alpha value is -6.78. The number of fused-ring (bicyclic) bond motifs is 4. The molecule has 0 unspecified atom stereocenters. The molecule has 55 heavy (non-hydrogen) atoms. The first-order chi connectivity index (χ1) is 26.8. The zero-order chi connectivity index (χ0) is 37.8. The van der Waals surface area contributed by atoms with Crippen LogP contribution < -0.4 is 10.6 Å². The molecule has 0 bridgehead atoms. The summed E-state index contributed by atoms with van der Waals surface area (Å²) in [7, 11) is 0. The van der Waals surface area contributed by atoms with Crippen LogP contribution in [0.25, 0.3) is 90.1 Å². The van der Waals surface area contributed by atoms with E-state index in [9.17, 15) is 0 Å². The van der Waals surface area contributed by atoms with Crippen LogP contribution in [0.4, 0.5) is 0 Å². The minimum atomic E-state index is 0.721. The minimum Gasteiger partial charge on any atom is -0.310 e. The van der Waals surface area contributed by atoms with Crippen LogP contribution >= 0.6 is 0 Å². The van der Waals surface area contributed by atoms with Crippen molar-refractivity contribution in [1.82, 2.24) is 19.1 Å². The topological polar surface area (TPSA) is 35.6 Å². The van der Waals surface area contributed by atoms with Gasteiger partial charge in [0, 0.05) is 54.8 Å². The number of hydrogen-bond acceptors (Lipinski definition) is 2. The number of hydrogen-bond donors (Lipinski definition) is 0. The summed E-state index contributed by atoms with van der Waals surface area (Å²) in [6.07, 6.45) is 6.24. The maximum Gasteiger partial charge on any atom is 0.160 e. The second-order valence-electron chi connectivity index (χ2n) is 14.5. The van der Waals surface area contributed by atoms with Crippen molar-refractivity contribution in [2.75, 3.05) is 0 Å². The van der Waals surface area contributed by atoms with Crippen LogP contribution in [-0.2, 0) is 0 Å². The van der Waals surface area contributed by atoms with E-state index in [0.717, 1.165) is 72.5 Å². The second-order valence-corrected chi connectivity index (χ2v) is 14.5. The average Bonchev–Trinajstić information content (AvgIpc) is 3.70. The largest absolute Gasteiger partial charge is 0.310 e. The van der Waals surface area contributed by atoms with Gasteiger partial charge in [0.1, 0.15) is 0 Å². The Morgan fingerprint density at radius 1 is 0.527 bits per heavy atom. The lowest BCUT2D eigenvalue weighted by Gasteiger charge is -2.16. The molecule has 0 saturated carbocycles. The number of aryl methyl sites for hydroxylation is 4. The summed E-state index contributed by atoms with van der Waals surface area (Å²) in [4.78, 5) is 10.3. The minimum absolute atomic E-state index is 0.721. The Balaban J connectivity index is 1.23. The van der Waals surface area contributed by atoms with E-state index in [1.165, 1.54) is 38.3 Å².